The van der Waals surface area contributed by atoms with Crippen molar-refractivity contribution in [1.29, 1.82) is 0 Å². The van der Waals surface area contributed by atoms with E-state index in [4.69, 9.17) is 11.6 Å². The molecule has 6 nitrogen and oxygen atoms in total. The second kappa shape index (κ2) is 4.30. The Labute approximate surface area is 93.0 Å². The fraction of sp³-hybridized carbons (Fsp3) is 0.200. The Hall–Kier alpha value is -1.92. The molecule has 0 aliphatic rings. The molecule has 2 aromatic heterocycles. The van der Waals surface area contributed by atoms with Gasteiger partial charge in [-0.1, -0.05) is 6.07 Å². The van der Waals surface area contributed by atoms with Crippen LogP contribution in [0.4, 0.5) is 5.82 Å². The number of hydrogen-bond donors (Lipinski definition) is 4. The summed E-state index contributed by atoms with van der Waals surface area (Å²) in [5, 5.41) is 6.55. The van der Waals surface area contributed by atoms with Crippen molar-refractivity contribution in [3.05, 3.63) is 41.3 Å². The molecule has 6 heteroatoms. The highest BCUT2D eigenvalue weighted by molar-refractivity contribution is 5.44. The minimum absolute atomic E-state index is 0.203. The lowest BCUT2D eigenvalue weighted by Gasteiger charge is -2.15. The number of hydrazine groups is 1. The second-order valence-electron chi connectivity index (χ2n) is 3.63. The van der Waals surface area contributed by atoms with Crippen LogP contribution in [0.25, 0.3) is 0 Å². The number of anilines is 1. The van der Waals surface area contributed by atoms with Crippen molar-refractivity contribution < 1.29 is 0 Å². The zero-order chi connectivity index (χ0) is 11.5. The van der Waals surface area contributed by atoms with Gasteiger partial charge >= 0.3 is 0 Å². The molecule has 1 unspecified atom stereocenters. The SMILES string of the molecule is Cc1cncc(C(NN)c2cn[nH]c2N)c1. The number of aromatic nitrogens is 3. The number of nitrogen functional groups attached to an aromatic ring is 1. The van der Waals surface area contributed by atoms with Crippen molar-refractivity contribution in [3.63, 3.8) is 0 Å². The van der Waals surface area contributed by atoms with E-state index in [0.717, 1.165) is 16.7 Å². The zero-order valence-electron chi connectivity index (χ0n) is 8.94. The van der Waals surface area contributed by atoms with Crippen molar-refractivity contribution in [3.8, 4) is 0 Å². The van der Waals surface area contributed by atoms with Crippen LogP contribution in [-0.2, 0) is 0 Å². The molecule has 6 N–H and O–H groups in total. The third kappa shape index (κ3) is 1.88. The van der Waals surface area contributed by atoms with Crippen LogP contribution in [0.2, 0.25) is 0 Å². The van der Waals surface area contributed by atoms with Gasteiger partial charge in [0.15, 0.2) is 0 Å². The zero-order valence-corrected chi connectivity index (χ0v) is 8.94. The van der Waals surface area contributed by atoms with E-state index in [1.807, 2.05) is 13.0 Å². The molecule has 2 heterocycles. The van der Waals surface area contributed by atoms with Gasteiger partial charge in [-0.15, -0.1) is 0 Å². The normalized spacial score (nSPS) is 12.6. The Kier molecular flexibility index (Phi) is 2.84. The van der Waals surface area contributed by atoms with Gasteiger partial charge in [-0.3, -0.25) is 15.9 Å². The molecule has 2 rings (SSSR count). The van der Waals surface area contributed by atoms with Crippen molar-refractivity contribution >= 4 is 5.82 Å². The predicted octanol–water partition coefficient (Wildman–Crippen LogP) is 0.248. The molecule has 2 aromatic rings. The number of rotatable bonds is 3. The van der Waals surface area contributed by atoms with Gasteiger partial charge in [0.25, 0.3) is 0 Å². The average Bonchev–Trinajstić information content (AvgIpc) is 2.67. The molecule has 1 atom stereocenters. The Balaban J connectivity index is 2.40. The summed E-state index contributed by atoms with van der Waals surface area (Å²) in [7, 11) is 0. The first kappa shape index (κ1) is 10.6. The Morgan fingerprint density at radius 2 is 2.19 bits per heavy atom. The number of aromatic amines is 1. The Bertz CT molecular complexity index is 478. The summed E-state index contributed by atoms with van der Waals surface area (Å²) < 4.78 is 0. The quantitative estimate of drug-likeness (QED) is 0.436. The number of hydrogen-bond acceptors (Lipinski definition) is 5. The first-order valence-corrected chi connectivity index (χ1v) is 4.88. The number of nitrogens with zero attached hydrogens (tertiary/aromatic N) is 2. The van der Waals surface area contributed by atoms with Gasteiger partial charge < -0.3 is 5.73 Å². The summed E-state index contributed by atoms with van der Waals surface area (Å²) in [6, 6.07) is 1.80. The molecule has 0 aromatic carbocycles. The molecular formula is C10H14N6. The summed E-state index contributed by atoms with van der Waals surface area (Å²) >= 11 is 0. The van der Waals surface area contributed by atoms with E-state index >= 15 is 0 Å². The predicted molar refractivity (Wildman–Crippen MR) is 61.1 cm³/mol. The minimum atomic E-state index is -0.203. The van der Waals surface area contributed by atoms with Gasteiger partial charge in [-0.2, -0.15) is 5.10 Å². The lowest BCUT2D eigenvalue weighted by Crippen LogP contribution is -2.29. The molecule has 0 radical (unpaired) electrons. The van der Waals surface area contributed by atoms with Crippen LogP contribution in [-0.4, -0.2) is 15.2 Å². The van der Waals surface area contributed by atoms with Gasteiger partial charge in [-0.05, 0) is 18.1 Å². The summed E-state index contributed by atoms with van der Waals surface area (Å²) in [4.78, 5) is 4.13. The van der Waals surface area contributed by atoms with E-state index < -0.39 is 0 Å². The monoisotopic (exact) mass is 218 g/mol. The maximum atomic E-state index is 5.76. The molecule has 0 aliphatic carbocycles. The van der Waals surface area contributed by atoms with E-state index in [1.165, 1.54) is 0 Å². The van der Waals surface area contributed by atoms with Crippen molar-refractivity contribution in [1.82, 2.24) is 20.6 Å². The summed E-state index contributed by atoms with van der Waals surface area (Å²) in [6.07, 6.45) is 5.20. The Morgan fingerprint density at radius 1 is 1.38 bits per heavy atom. The van der Waals surface area contributed by atoms with Gasteiger partial charge in [0, 0.05) is 18.0 Å². The molecule has 16 heavy (non-hydrogen) atoms. The largest absolute Gasteiger partial charge is 0.384 e. The summed E-state index contributed by atoms with van der Waals surface area (Å²) in [6.45, 7) is 1.98. The van der Waals surface area contributed by atoms with Crippen LogP contribution in [0.3, 0.4) is 0 Å². The Morgan fingerprint density at radius 3 is 2.75 bits per heavy atom. The minimum Gasteiger partial charge on any atom is -0.384 e. The number of H-pyrrole nitrogens is 1. The number of pyridine rings is 1. The number of nitrogens with one attached hydrogen (secondary N) is 2. The molecule has 0 saturated carbocycles. The maximum absolute atomic E-state index is 5.76. The first-order valence-electron chi connectivity index (χ1n) is 4.88. The highest BCUT2D eigenvalue weighted by atomic mass is 15.2. The van der Waals surface area contributed by atoms with Crippen LogP contribution >= 0.6 is 0 Å². The molecular weight excluding hydrogens is 204 g/mol. The van der Waals surface area contributed by atoms with Crippen LogP contribution < -0.4 is 17.0 Å². The summed E-state index contributed by atoms with van der Waals surface area (Å²) in [5.41, 5.74) is 11.3. The highest BCUT2D eigenvalue weighted by Gasteiger charge is 2.17. The van der Waals surface area contributed by atoms with Crippen LogP contribution in [0.1, 0.15) is 22.7 Å². The molecule has 0 saturated heterocycles. The fourth-order valence-electron chi connectivity index (χ4n) is 1.64. The lowest BCUT2D eigenvalue weighted by atomic mass is 10.0. The van der Waals surface area contributed by atoms with Crippen molar-refractivity contribution in [2.24, 2.45) is 5.84 Å². The van der Waals surface area contributed by atoms with E-state index in [1.54, 1.807) is 18.6 Å². The standard InChI is InChI=1S/C10H14N6/c1-6-2-7(4-13-3-6)9(15-12)8-5-14-16-10(8)11/h2-5,9,15H,12H2,1H3,(H3,11,14,16). The topological polar surface area (TPSA) is 106 Å². The van der Waals surface area contributed by atoms with Crippen molar-refractivity contribution in [2.75, 3.05) is 5.73 Å². The van der Waals surface area contributed by atoms with E-state index in [9.17, 15) is 0 Å². The van der Waals surface area contributed by atoms with Crippen molar-refractivity contribution in [2.45, 2.75) is 13.0 Å². The summed E-state index contributed by atoms with van der Waals surface area (Å²) in [5.74, 6) is 6.04. The van der Waals surface area contributed by atoms with Crippen LogP contribution in [0.15, 0.2) is 24.7 Å². The lowest BCUT2D eigenvalue weighted by molar-refractivity contribution is 0.636. The number of nitrogens with two attached hydrogens (primary N) is 2. The maximum Gasteiger partial charge on any atom is 0.124 e. The van der Waals surface area contributed by atoms with Crippen LogP contribution in [0, 0.1) is 6.92 Å². The third-order valence-electron chi connectivity index (χ3n) is 2.41. The van der Waals surface area contributed by atoms with Gasteiger partial charge in [0.2, 0.25) is 0 Å². The third-order valence-corrected chi connectivity index (χ3v) is 2.41. The first-order chi connectivity index (χ1) is 7.72. The molecule has 0 aliphatic heterocycles. The van der Waals surface area contributed by atoms with Crippen LogP contribution in [0.5, 0.6) is 0 Å². The molecule has 84 valence electrons. The van der Waals surface area contributed by atoms with E-state index in [-0.39, 0.29) is 6.04 Å². The van der Waals surface area contributed by atoms with Gasteiger partial charge in [0.1, 0.15) is 5.82 Å². The highest BCUT2D eigenvalue weighted by Crippen LogP contribution is 2.24. The molecule has 0 bridgehead atoms. The van der Waals surface area contributed by atoms with Gasteiger partial charge in [-0.25, -0.2) is 5.43 Å². The number of aryl methyl sites for hydroxylation is 1. The average molecular weight is 218 g/mol. The molecule has 0 amide bonds. The second-order valence-corrected chi connectivity index (χ2v) is 3.63. The molecule has 0 fully saturated rings. The van der Waals surface area contributed by atoms with E-state index in [2.05, 4.69) is 20.6 Å². The van der Waals surface area contributed by atoms with Gasteiger partial charge in [0.05, 0.1) is 12.2 Å². The fourth-order valence-corrected chi connectivity index (χ4v) is 1.64. The smallest absolute Gasteiger partial charge is 0.124 e. The van der Waals surface area contributed by atoms with E-state index in [0.29, 0.717) is 5.82 Å². The molecule has 0 spiro atoms.